The van der Waals surface area contributed by atoms with Crippen molar-refractivity contribution >= 4 is 11.7 Å². The van der Waals surface area contributed by atoms with Crippen LogP contribution in [0.25, 0.3) is 0 Å². The van der Waals surface area contributed by atoms with Gasteiger partial charge in [0.2, 0.25) is 0 Å². The van der Waals surface area contributed by atoms with E-state index in [0.717, 1.165) is 30.0 Å². The van der Waals surface area contributed by atoms with Crippen LogP contribution in [0, 0.1) is 5.92 Å². The highest BCUT2D eigenvalue weighted by atomic mass is 16.2. The van der Waals surface area contributed by atoms with Crippen molar-refractivity contribution < 1.29 is 4.79 Å². The summed E-state index contributed by atoms with van der Waals surface area (Å²) in [5.41, 5.74) is 1.71. The van der Waals surface area contributed by atoms with E-state index < -0.39 is 0 Å². The van der Waals surface area contributed by atoms with Gasteiger partial charge in [0, 0.05) is 30.9 Å². The number of aromatic nitrogens is 1. The summed E-state index contributed by atoms with van der Waals surface area (Å²) >= 11 is 0. The van der Waals surface area contributed by atoms with E-state index in [1.807, 2.05) is 24.1 Å². The summed E-state index contributed by atoms with van der Waals surface area (Å²) in [6.07, 6.45) is 2.30. The highest BCUT2D eigenvalue weighted by molar-refractivity contribution is 5.95. The van der Waals surface area contributed by atoms with Crippen LogP contribution in [0.1, 0.15) is 62.5 Å². The van der Waals surface area contributed by atoms with Gasteiger partial charge in [-0.3, -0.25) is 4.79 Å². The number of likely N-dealkylation sites (tertiary alicyclic amines) is 1. The zero-order chi connectivity index (χ0) is 15.6. The van der Waals surface area contributed by atoms with Crippen LogP contribution < -0.4 is 5.32 Å². The van der Waals surface area contributed by atoms with E-state index in [1.165, 1.54) is 6.42 Å². The average molecular weight is 289 g/mol. The molecule has 0 saturated carbocycles. The molecule has 0 aliphatic carbocycles. The second kappa shape index (κ2) is 6.46. The molecule has 1 aromatic heterocycles. The molecular formula is C17H27N3O. The molecule has 21 heavy (non-hydrogen) atoms. The van der Waals surface area contributed by atoms with E-state index >= 15 is 0 Å². The molecule has 2 rings (SSSR count). The topological polar surface area (TPSA) is 45.2 Å². The van der Waals surface area contributed by atoms with Crippen molar-refractivity contribution in [3.63, 3.8) is 0 Å². The molecule has 1 aliphatic rings. The number of rotatable bonds is 3. The maximum absolute atomic E-state index is 12.9. The number of amides is 1. The Morgan fingerprint density at radius 1 is 1.38 bits per heavy atom. The third-order valence-electron chi connectivity index (χ3n) is 4.57. The third-order valence-corrected chi connectivity index (χ3v) is 4.57. The summed E-state index contributed by atoms with van der Waals surface area (Å²) in [5.74, 6) is 1.78. The number of hydrogen-bond acceptors (Lipinski definition) is 3. The minimum atomic E-state index is 0.134. The summed E-state index contributed by atoms with van der Waals surface area (Å²) in [5, 5.41) is 3.06. The van der Waals surface area contributed by atoms with E-state index in [2.05, 4.69) is 38.0 Å². The molecule has 4 heteroatoms. The van der Waals surface area contributed by atoms with Crippen molar-refractivity contribution in [1.82, 2.24) is 9.88 Å². The summed E-state index contributed by atoms with van der Waals surface area (Å²) in [4.78, 5) is 19.4. The number of anilines is 1. The first-order valence-corrected chi connectivity index (χ1v) is 7.94. The molecule has 1 saturated heterocycles. The lowest BCUT2D eigenvalue weighted by atomic mass is 9.91. The molecule has 1 N–H and O–H groups in total. The number of pyridine rings is 1. The molecule has 1 fully saturated rings. The molecule has 2 heterocycles. The molecule has 1 aromatic rings. The zero-order valence-corrected chi connectivity index (χ0v) is 13.8. The SMILES string of the molecule is CNc1cc(C(=O)N2CCCC(C)C2C)cc(C(C)C)n1. The first-order chi connectivity index (χ1) is 9.93. The van der Waals surface area contributed by atoms with Crippen LogP contribution in [0.3, 0.4) is 0 Å². The van der Waals surface area contributed by atoms with Gasteiger partial charge in [-0.05, 0) is 43.7 Å². The molecular weight excluding hydrogens is 262 g/mol. The quantitative estimate of drug-likeness (QED) is 0.926. The van der Waals surface area contributed by atoms with Gasteiger partial charge in [-0.15, -0.1) is 0 Å². The maximum Gasteiger partial charge on any atom is 0.254 e. The Bertz CT molecular complexity index is 513. The van der Waals surface area contributed by atoms with Crippen LogP contribution in [0.4, 0.5) is 5.82 Å². The van der Waals surface area contributed by atoms with Gasteiger partial charge >= 0.3 is 0 Å². The third kappa shape index (κ3) is 3.36. The highest BCUT2D eigenvalue weighted by Gasteiger charge is 2.29. The van der Waals surface area contributed by atoms with Gasteiger partial charge in [0.05, 0.1) is 0 Å². The number of carbonyl (C=O) groups excluding carboxylic acids is 1. The fourth-order valence-corrected chi connectivity index (χ4v) is 2.89. The zero-order valence-electron chi connectivity index (χ0n) is 13.8. The lowest BCUT2D eigenvalue weighted by Gasteiger charge is -2.38. The monoisotopic (exact) mass is 289 g/mol. The largest absolute Gasteiger partial charge is 0.373 e. The summed E-state index contributed by atoms with van der Waals surface area (Å²) in [6, 6.07) is 4.11. The molecule has 2 unspecified atom stereocenters. The van der Waals surface area contributed by atoms with Crippen molar-refractivity contribution in [2.24, 2.45) is 5.92 Å². The molecule has 2 atom stereocenters. The number of nitrogens with zero attached hydrogens (tertiary/aromatic N) is 2. The first kappa shape index (κ1) is 15.8. The van der Waals surface area contributed by atoms with Gasteiger partial charge in [-0.2, -0.15) is 0 Å². The molecule has 1 aliphatic heterocycles. The number of carbonyl (C=O) groups is 1. The standard InChI is InChI=1S/C17H27N3O/c1-11(2)15-9-14(10-16(18-5)19-15)17(21)20-8-6-7-12(3)13(20)4/h9-13H,6-8H2,1-5H3,(H,18,19). The Morgan fingerprint density at radius 2 is 2.10 bits per heavy atom. The summed E-state index contributed by atoms with van der Waals surface area (Å²) in [6.45, 7) is 9.45. The van der Waals surface area contributed by atoms with Gasteiger partial charge < -0.3 is 10.2 Å². The van der Waals surface area contributed by atoms with Crippen LogP contribution in [-0.2, 0) is 0 Å². The summed E-state index contributed by atoms with van der Waals surface area (Å²) < 4.78 is 0. The summed E-state index contributed by atoms with van der Waals surface area (Å²) in [7, 11) is 1.84. The number of nitrogens with one attached hydrogen (secondary N) is 1. The normalized spacial score (nSPS) is 22.5. The lowest BCUT2D eigenvalue weighted by Crippen LogP contribution is -2.46. The predicted octanol–water partition coefficient (Wildman–Crippen LogP) is 3.51. The van der Waals surface area contributed by atoms with Crippen molar-refractivity contribution in [2.45, 2.75) is 52.5 Å². The Labute approximate surface area is 127 Å². The van der Waals surface area contributed by atoms with Crippen LogP contribution >= 0.6 is 0 Å². The Balaban J connectivity index is 2.31. The van der Waals surface area contributed by atoms with Crippen molar-refractivity contribution in [3.05, 3.63) is 23.4 Å². The fourth-order valence-electron chi connectivity index (χ4n) is 2.89. The predicted molar refractivity (Wildman–Crippen MR) is 86.8 cm³/mol. The Kier molecular flexibility index (Phi) is 4.86. The van der Waals surface area contributed by atoms with Crippen molar-refractivity contribution in [2.75, 3.05) is 18.9 Å². The molecule has 0 radical (unpaired) electrons. The van der Waals surface area contributed by atoms with Crippen LogP contribution in [0.15, 0.2) is 12.1 Å². The minimum absolute atomic E-state index is 0.134. The first-order valence-electron chi connectivity index (χ1n) is 7.94. The molecule has 4 nitrogen and oxygen atoms in total. The van der Waals surface area contributed by atoms with Crippen molar-refractivity contribution in [1.29, 1.82) is 0 Å². The van der Waals surface area contributed by atoms with E-state index in [4.69, 9.17) is 0 Å². The van der Waals surface area contributed by atoms with Crippen LogP contribution in [0.5, 0.6) is 0 Å². The highest BCUT2D eigenvalue weighted by Crippen LogP contribution is 2.26. The lowest BCUT2D eigenvalue weighted by molar-refractivity contribution is 0.0551. The minimum Gasteiger partial charge on any atom is -0.373 e. The molecule has 1 amide bonds. The maximum atomic E-state index is 12.9. The fraction of sp³-hybridized carbons (Fsp3) is 0.647. The average Bonchev–Trinajstić information content (AvgIpc) is 2.48. The second-order valence-electron chi connectivity index (χ2n) is 6.43. The van der Waals surface area contributed by atoms with Crippen LogP contribution in [0.2, 0.25) is 0 Å². The Hall–Kier alpha value is -1.58. The van der Waals surface area contributed by atoms with E-state index in [1.54, 1.807) is 0 Å². The Morgan fingerprint density at radius 3 is 2.71 bits per heavy atom. The molecule has 116 valence electrons. The van der Waals surface area contributed by atoms with Gasteiger partial charge in [0.1, 0.15) is 5.82 Å². The van der Waals surface area contributed by atoms with Crippen molar-refractivity contribution in [3.8, 4) is 0 Å². The van der Waals surface area contributed by atoms with E-state index in [-0.39, 0.29) is 5.91 Å². The second-order valence-corrected chi connectivity index (χ2v) is 6.43. The number of hydrogen-bond donors (Lipinski definition) is 1. The van der Waals surface area contributed by atoms with E-state index in [0.29, 0.717) is 17.9 Å². The molecule has 0 bridgehead atoms. The molecule has 0 spiro atoms. The van der Waals surface area contributed by atoms with Gasteiger partial charge in [-0.25, -0.2) is 4.98 Å². The smallest absolute Gasteiger partial charge is 0.254 e. The molecule has 0 aromatic carbocycles. The van der Waals surface area contributed by atoms with Gasteiger partial charge in [0.25, 0.3) is 5.91 Å². The van der Waals surface area contributed by atoms with Gasteiger partial charge in [-0.1, -0.05) is 20.8 Å². The van der Waals surface area contributed by atoms with E-state index in [9.17, 15) is 4.79 Å². The number of piperidine rings is 1. The van der Waals surface area contributed by atoms with Crippen LogP contribution in [-0.4, -0.2) is 35.4 Å². The van der Waals surface area contributed by atoms with Gasteiger partial charge in [0.15, 0.2) is 0 Å².